The van der Waals surface area contributed by atoms with E-state index in [1.54, 1.807) is 30.3 Å². The summed E-state index contributed by atoms with van der Waals surface area (Å²) < 4.78 is 62.1. The van der Waals surface area contributed by atoms with Gasteiger partial charge in [-0.3, -0.25) is 0 Å². The molecule has 11 heteroatoms. The average molecular weight is 551 g/mol. The van der Waals surface area contributed by atoms with Crippen molar-refractivity contribution in [3.63, 3.8) is 0 Å². The number of anilines is 2. The van der Waals surface area contributed by atoms with Gasteiger partial charge < -0.3 is 20.9 Å². The van der Waals surface area contributed by atoms with Gasteiger partial charge in [-0.05, 0) is 72.8 Å². The van der Waals surface area contributed by atoms with E-state index in [4.69, 9.17) is 10.3 Å². The van der Waals surface area contributed by atoms with Crippen molar-refractivity contribution in [3.8, 4) is 5.69 Å². The molecule has 3 aromatic carbocycles. The second kappa shape index (κ2) is 10.3. The van der Waals surface area contributed by atoms with Gasteiger partial charge >= 0.3 is 6.18 Å². The maximum Gasteiger partial charge on any atom is 0.435 e. The summed E-state index contributed by atoms with van der Waals surface area (Å²) in [7, 11) is 0. The molecule has 1 aliphatic carbocycles. The van der Waals surface area contributed by atoms with Crippen molar-refractivity contribution in [1.29, 1.82) is 0 Å². The highest BCUT2D eigenvalue weighted by atomic mass is 19.4. The zero-order valence-electron chi connectivity index (χ0n) is 21.3. The lowest BCUT2D eigenvalue weighted by Gasteiger charge is -2.21. The van der Waals surface area contributed by atoms with Crippen molar-refractivity contribution in [2.75, 3.05) is 17.6 Å². The molecule has 2 aromatic heterocycles. The Hall–Kier alpha value is -4.38. The first-order valence-corrected chi connectivity index (χ1v) is 12.9. The normalized spacial score (nSPS) is 14.5. The second-order valence-electron chi connectivity index (χ2n) is 9.97. The zero-order valence-corrected chi connectivity index (χ0v) is 21.3. The van der Waals surface area contributed by atoms with Crippen molar-refractivity contribution in [1.82, 2.24) is 20.3 Å². The van der Waals surface area contributed by atoms with E-state index in [2.05, 4.69) is 20.9 Å². The van der Waals surface area contributed by atoms with Gasteiger partial charge in [0.15, 0.2) is 17.1 Å². The van der Waals surface area contributed by atoms with Crippen LogP contribution in [0.1, 0.15) is 41.4 Å². The van der Waals surface area contributed by atoms with Crippen LogP contribution in [0.25, 0.3) is 16.7 Å². The molecule has 1 saturated carbocycles. The Balaban J connectivity index is 1.31. The van der Waals surface area contributed by atoms with Gasteiger partial charge in [-0.25, -0.2) is 9.07 Å². The van der Waals surface area contributed by atoms with Crippen molar-refractivity contribution in [3.05, 3.63) is 101 Å². The Morgan fingerprint density at radius 3 is 2.55 bits per heavy atom. The number of nitrogens with one attached hydrogen (secondary N) is 2. The van der Waals surface area contributed by atoms with Crippen LogP contribution in [0.3, 0.4) is 0 Å². The summed E-state index contributed by atoms with van der Waals surface area (Å²) in [5.41, 5.74) is 7.73. The number of nitrogens with zero attached hydrogens (tertiary/aromatic N) is 3. The summed E-state index contributed by atoms with van der Waals surface area (Å²) in [5.74, 6) is 0.236. The van der Waals surface area contributed by atoms with E-state index < -0.39 is 17.7 Å². The lowest BCUT2D eigenvalue weighted by atomic mass is 9.98. The molecule has 5 aromatic rings. The average Bonchev–Trinajstić information content (AvgIpc) is 3.55. The molecule has 40 heavy (non-hydrogen) atoms. The van der Waals surface area contributed by atoms with E-state index in [0.29, 0.717) is 22.6 Å². The van der Waals surface area contributed by atoms with Crippen LogP contribution in [-0.2, 0) is 12.7 Å². The molecule has 1 fully saturated rings. The van der Waals surface area contributed by atoms with E-state index in [-0.39, 0.29) is 29.8 Å². The van der Waals surface area contributed by atoms with Crippen LogP contribution < -0.4 is 16.4 Å². The zero-order chi connectivity index (χ0) is 27.9. The molecule has 6 rings (SSSR count). The molecule has 206 valence electrons. The number of nitrogen functional groups attached to an aromatic ring is 1. The van der Waals surface area contributed by atoms with Crippen LogP contribution in [0.15, 0.2) is 77.3 Å². The Morgan fingerprint density at radius 1 is 1.00 bits per heavy atom. The Morgan fingerprint density at radius 2 is 1.80 bits per heavy atom. The summed E-state index contributed by atoms with van der Waals surface area (Å²) >= 11 is 0. The van der Waals surface area contributed by atoms with Gasteiger partial charge in [0, 0.05) is 0 Å². The number of aromatic nitrogens is 3. The van der Waals surface area contributed by atoms with E-state index in [1.807, 2.05) is 30.3 Å². The third-order valence-electron chi connectivity index (χ3n) is 7.02. The molecule has 1 unspecified atom stereocenters. The van der Waals surface area contributed by atoms with E-state index in [0.717, 1.165) is 28.4 Å². The molecular formula is C29H26F4N6O. The van der Waals surface area contributed by atoms with Gasteiger partial charge in [0.25, 0.3) is 0 Å². The first kappa shape index (κ1) is 25.9. The monoisotopic (exact) mass is 550 g/mol. The fraction of sp³-hybridized carbons (Fsp3) is 0.241. The minimum atomic E-state index is -4.67. The highest BCUT2D eigenvalue weighted by Gasteiger charge is 2.35. The number of hydrogen-bond acceptors (Lipinski definition) is 6. The molecule has 0 saturated heterocycles. The molecule has 0 amide bonds. The number of fused-ring (bicyclic) bond motifs is 1. The van der Waals surface area contributed by atoms with Crippen molar-refractivity contribution in [2.24, 2.45) is 5.92 Å². The van der Waals surface area contributed by atoms with Gasteiger partial charge in [0.05, 0.1) is 35.0 Å². The molecule has 1 atom stereocenters. The SMILES string of the molecule is Nc1noc2ccc(-n3nc(C(F)(F)F)cc3CNc3cc(C(NCC4CC4)c4ccccc4)ccc3F)cc12. The van der Waals surface area contributed by atoms with Crippen LogP contribution in [0, 0.1) is 11.7 Å². The molecule has 7 nitrogen and oxygen atoms in total. The third kappa shape index (κ3) is 5.37. The molecule has 0 radical (unpaired) electrons. The topological polar surface area (TPSA) is 93.9 Å². The van der Waals surface area contributed by atoms with E-state index >= 15 is 0 Å². The smallest absolute Gasteiger partial charge is 0.380 e. The van der Waals surface area contributed by atoms with Crippen LogP contribution in [0.5, 0.6) is 0 Å². The molecular weight excluding hydrogens is 524 g/mol. The minimum absolute atomic E-state index is 0.113. The molecule has 1 aliphatic rings. The van der Waals surface area contributed by atoms with Crippen LogP contribution >= 0.6 is 0 Å². The fourth-order valence-electron chi connectivity index (χ4n) is 4.71. The lowest BCUT2D eigenvalue weighted by molar-refractivity contribution is -0.141. The first-order chi connectivity index (χ1) is 19.3. The number of rotatable bonds is 9. The number of nitrogens with two attached hydrogens (primary N) is 1. The summed E-state index contributed by atoms with van der Waals surface area (Å²) in [4.78, 5) is 0. The lowest BCUT2D eigenvalue weighted by Crippen LogP contribution is -2.24. The van der Waals surface area contributed by atoms with Gasteiger partial charge in [-0.1, -0.05) is 41.6 Å². The number of halogens is 4. The largest absolute Gasteiger partial charge is 0.435 e. The van der Waals surface area contributed by atoms with Gasteiger partial charge in [0.2, 0.25) is 0 Å². The summed E-state index contributed by atoms with van der Waals surface area (Å²) in [5, 5.41) is 14.5. The molecule has 0 aliphatic heterocycles. The molecule has 4 N–H and O–H groups in total. The summed E-state index contributed by atoms with van der Waals surface area (Å²) in [6.45, 7) is 0.728. The Kier molecular flexibility index (Phi) is 6.67. The van der Waals surface area contributed by atoms with Gasteiger partial charge in [-0.2, -0.15) is 18.3 Å². The van der Waals surface area contributed by atoms with Crippen molar-refractivity contribution >= 4 is 22.5 Å². The van der Waals surface area contributed by atoms with Crippen LogP contribution in [-0.4, -0.2) is 21.5 Å². The third-order valence-corrected chi connectivity index (χ3v) is 7.02. The second-order valence-corrected chi connectivity index (χ2v) is 9.97. The van der Waals surface area contributed by atoms with Crippen molar-refractivity contribution in [2.45, 2.75) is 31.6 Å². The fourth-order valence-corrected chi connectivity index (χ4v) is 4.71. The summed E-state index contributed by atoms with van der Waals surface area (Å²) in [6, 6.07) is 20.1. The van der Waals surface area contributed by atoms with Crippen LogP contribution in [0.2, 0.25) is 0 Å². The highest BCUT2D eigenvalue weighted by molar-refractivity contribution is 5.88. The number of alkyl halides is 3. The standard InChI is InChI=1S/C29H26F4N6O/c30-23-10-8-19(27(36-15-17-6-7-17)18-4-2-1-3-5-18)12-24(23)35-16-21-14-26(29(31,32)33)37-39(21)20-9-11-25-22(13-20)28(34)38-40-25/h1-5,8-14,17,27,35-36H,6-7,15-16H2,(H2,34,38). The Bertz CT molecular complexity index is 1640. The number of benzene rings is 3. The molecule has 0 bridgehead atoms. The van der Waals surface area contributed by atoms with Crippen molar-refractivity contribution < 1.29 is 22.1 Å². The maximum atomic E-state index is 14.9. The van der Waals surface area contributed by atoms with Gasteiger partial charge in [-0.15, -0.1) is 0 Å². The quantitative estimate of drug-likeness (QED) is 0.183. The highest BCUT2D eigenvalue weighted by Crippen LogP contribution is 2.33. The van der Waals surface area contributed by atoms with E-state index in [1.165, 1.54) is 18.9 Å². The van der Waals surface area contributed by atoms with Crippen LogP contribution in [0.4, 0.5) is 29.1 Å². The maximum absolute atomic E-state index is 14.9. The minimum Gasteiger partial charge on any atom is -0.380 e. The molecule has 0 spiro atoms. The van der Waals surface area contributed by atoms with Gasteiger partial charge in [0.1, 0.15) is 5.82 Å². The molecule has 2 heterocycles. The first-order valence-electron chi connectivity index (χ1n) is 12.9. The summed E-state index contributed by atoms with van der Waals surface area (Å²) in [6.07, 6.45) is -2.29. The predicted molar refractivity (Wildman–Crippen MR) is 143 cm³/mol. The predicted octanol–water partition coefficient (Wildman–Crippen LogP) is 6.45. The Labute approximate surface area is 227 Å². The van der Waals surface area contributed by atoms with E-state index in [9.17, 15) is 17.6 Å². The number of hydrogen-bond donors (Lipinski definition) is 3.